The van der Waals surface area contributed by atoms with Crippen molar-refractivity contribution in [2.45, 2.75) is 19.4 Å². The van der Waals surface area contributed by atoms with Crippen LogP contribution in [-0.2, 0) is 9.53 Å². The van der Waals surface area contributed by atoms with Gasteiger partial charge in [-0.25, -0.2) is 9.80 Å². The second-order valence-electron chi connectivity index (χ2n) is 8.44. The van der Waals surface area contributed by atoms with Crippen LogP contribution in [0.1, 0.15) is 30.5 Å². The number of hydrazone groups is 1. The Morgan fingerprint density at radius 2 is 1.74 bits per heavy atom. The first-order valence-electron chi connectivity index (χ1n) is 11.8. The molecule has 0 N–H and O–H groups in total. The fraction of sp³-hybridized carbons (Fsp3) is 0.423. The van der Waals surface area contributed by atoms with E-state index in [9.17, 15) is 9.59 Å². The van der Waals surface area contributed by atoms with Gasteiger partial charge in [0.25, 0.3) is 5.91 Å². The molecule has 0 spiro atoms. The minimum Gasteiger partial charge on any atom is -0.497 e. The molecule has 4 rings (SSSR count). The highest BCUT2D eigenvalue weighted by atomic mass is 16.6. The SMILES string of the molecule is CCOC(=O)N1CCN(CC(=O)N2N=C(c3ccc(OC)cc3OC)CC2c2ccccc2)CC1. The van der Waals surface area contributed by atoms with E-state index in [4.69, 9.17) is 19.3 Å². The number of carbonyl (C=O) groups excluding carboxylic acids is 2. The molecule has 2 aromatic rings. The Morgan fingerprint density at radius 1 is 1.00 bits per heavy atom. The van der Waals surface area contributed by atoms with E-state index in [0.29, 0.717) is 50.7 Å². The third kappa shape index (κ3) is 5.57. The zero-order valence-electron chi connectivity index (χ0n) is 20.5. The summed E-state index contributed by atoms with van der Waals surface area (Å²) in [4.78, 5) is 29.2. The molecule has 0 radical (unpaired) electrons. The van der Waals surface area contributed by atoms with Crippen LogP contribution in [0.4, 0.5) is 4.79 Å². The lowest BCUT2D eigenvalue weighted by atomic mass is 9.98. The molecule has 2 aromatic carbocycles. The van der Waals surface area contributed by atoms with Gasteiger partial charge in [-0.3, -0.25) is 9.69 Å². The molecule has 0 bridgehead atoms. The van der Waals surface area contributed by atoms with Gasteiger partial charge in [0.1, 0.15) is 11.5 Å². The van der Waals surface area contributed by atoms with Gasteiger partial charge in [0.2, 0.25) is 0 Å². The fourth-order valence-electron chi connectivity index (χ4n) is 4.44. The lowest BCUT2D eigenvalue weighted by Gasteiger charge is -2.34. The van der Waals surface area contributed by atoms with Crippen LogP contribution in [0.2, 0.25) is 0 Å². The van der Waals surface area contributed by atoms with Crippen LogP contribution in [-0.4, -0.2) is 86.1 Å². The van der Waals surface area contributed by atoms with Crippen LogP contribution in [0.25, 0.3) is 0 Å². The van der Waals surface area contributed by atoms with Crippen LogP contribution < -0.4 is 9.47 Å². The molecule has 1 unspecified atom stereocenters. The van der Waals surface area contributed by atoms with Gasteiger partial charge in [-0.15, -0.1) is 0 Å². The Kier molecular flexibility index (Phi) is 7.87. The Balaban J connectivity index is 1.52. The van der Waals surface area contributed by atoms with Gasteiger partial charge in [0.15, 0.2) is 0 Å². The Hall–Kier alpha value is -3.59. The smallest absolute Gasteiger partial charge is 0.409 e. The minimum atomic E-state index is -0.301. The molecule has 2 aliphatic heterocycles. The molecule has 186 valence electrons. The van der Waals surface area contributed by atoms with Crippen molar-refractivity contribution >= 4 is 17.7 Å². The molecule has 0 aliphatic carbocycles. The van der Waals surface area contributed by atoms with Crippen LogP contribution >= 0.6 is 0 Å². The summed E-state index contributed by atoms with van der Waals surface area (Å²) in [5, 5.41) is 6.38. The Bertz CT molecular complexity index is 1070. The Morgan fingerprint density at radius 3 is 2.40 bits per heavy atom. The molecule has 35 heavy (non-hydrogen) atoms. The number of piperazine rings is 1. The van der Waals surface area contributed by atoms with Crippen molar-refractivity contribution in [3.8, 4) is 11.5 Å². The number of ether oxygens (including phenoxy) is 3. The van der Waals surface area contributed by atoms with Crippen molar-refractivity contribution in [2.75, 3.05) is 53.6 Å². The molecule has 2 aliphatic rings. The van der Waals surface area contributed by atoms with E-state index >= 15 is 0 Å². The topological polar surface area (TPSA) is 83.9 Å². The summed E-state index contributed by atoms with van der Waals surface area (Å²) >= 11 is 0. The highest BCUT2D eigenvalue weighted by Gasteiger charge is 2.35. The number of methoxy groups -OCH3 is 2. The lowest BCUT2D eigenvalue weighted by molar-refractivity contribution is -0.134. The molecule has 1 atom stereocenters. The van der Waals surface area contributed by atoms with Gasteiger partial charge in [-0.05, 0) is 24.6 Å². The van der Waals surface area contributed by atoms with Crippen molar-refractivity contribution in [3.63, 3.8) is 0 Å². The van der Waals surface area contributed by atoms with Crippen LogP contribution in [0.5, 0.6) is 11.5 Å². The van der Waals surface area contributed by atoms with Crippen molar-refractivity contribution in [1.29, 1.82) is 0 Å². The summed E-state index contributed by atoms with van der Waals surface area (Å²) in [5.41, 5.74) is 2.66. The maximum atomic E-state index is 13.5. The predicted molar refractivity (Wildman–Crippen MR) is 132 cm³/mol. The summed E-state index contributed by atoms with van der Waals surface area (Å²) < 4.78 is 16.0. The summed E-state index contributed by atoms with van der Waals surface area (Å²) in [6.07, 6.45) is 0.277. The first-order valence-corrected chi connectivity index (χ1v) is 11.8. The maximum absolute atomic E-state index is 13.5. The molecule has 2 amide bonds. The predicted octanol–water partition coefficient (Wildman–Crippen LogP) is 3.16. The fourth-order valence-corrected chi connectivity index (χ4v) is 4.44. The number of nitrogens with zero attached hydrogens (tertiary/aromatic N) is 4. The molecule has 9 nitrogen and oxygen atoms in total. The summed E-state index contributed by atoms with van der Waals surface area (Å²) in [7, 11) is 3.22. The number of hydrogen-bond donors (Lipinski definition) is 0. The van der Waals surface area contributed by atoms with E-state index in [0.717, 1.165) is 16.8 Å². The largest absolute Gasteiger partial charge is 0.497 e. The van der Waals surface area contributed by atoms with Gasteiger partial charge < -0.3 is 19.1 Å². The molecule has 1 fully saturated rings. The van der Waals surface area contributed by atoms with Crippen molar-refractivity contribution in [2.24, 2.45) is 5.10 Å². The maximum Gasteiger partial charge on any atom is 0.409 e. The highest BCUT2D eigenvalue weighted by molar-refractivity contribution is 6.05. The Labute approximate surface area is 205 Å². The quantitative estimate of drug-likeness (QED) is 0.605. The highest BCUT2D eigenvalue weighted by Crippen LogP contribution is 2.36. The van der Waals surface area contributed by atoms with Gasteiger partial charge in [0.05, 0.1) is 39.1 Å². The monoisotopic (exact) mass is 480 g/mol. The number of amides is 2. The van der Waals surface area contributed by atoms with Crippen molar-refractivity contribution in [1.82, 2.24) is 14.8 Å². The summed E-state index contributed by atoms with van der Waals surface area (Å²) in [6, 6.07) is 15.3. The summed E-state index contributed by atoms with van der Waals surface area (Å²) in [5.74, 6) is 1.27. The van der Waals surface area contributed by atoms with E-state index in [2.05, 4.69) is 4.90 Å². The average Bonchev–Trinajstić information content (AvgIpc) is 3.35. The second kappa shape index (κ2) is 11.2. The molecular weight excluding hydrogens is 448 g/mol. The van der Waals surface area contributed by atoms with Crippen LogP contribution in [0, 0.1) is 0 Å². The second-order valence-corrected chi connectivity index (χ2v) is 8.44. The normalized spacial score (nSPS) is 18.3. The van der Waals surface area contributed by atoms with E-state index in [1.165, 1.54) is 0 Å². The van der Waals surface area contributed by atoms with E-state index < -0.39 is 0 Å². The zero-order chi connectivity index (χ0) is 24.8. The lowest BCUT2D eigenvalue weighted by Crippen LogP contribution is -2.51. The molecular formula is C26H32N4O5. The third-order valence-electron chi connectivity index (χ3n) is 6.33. The van der Waals surface area contributed by atoms with Crippen LogP contribution in [0.15, 0.2) is 53.6 Å². The van der Waals surface area contributed by atoms with Gasteiger partial charge in [-0.1, -0.05) is 30.3 Å². The number of benzene rings is 2. The standard InChI is InChI=1S/C26H32N4O5/c1-4-35-26(32)29-14-12-28(13-15-29)18-25(31)30-23(19-8-6-5-7-9-19)17-22(27-30)21-11-10-20(33-2)16-24(21)34-3/h5-11,16,23H,4,12-15,17-18H2,1-3H3. The van der Waals surface area contributed by atoms with Gasteiger partial charge >= 0.3 is 6.09 Å². The van der Waals surface area contributed by atoms with E-state index in [1.807, 2.05) is 48.5 Å². The number of hydrogen-bond acceptors (Lipinski definition) is 7. The molecule has 1 saturated heterocycles. The van der Waals surface area contributed by atoms with E-state index in [-0.39, 0.29) is 24.6 Å². The third-order valence-corrected chi connectivity index (χ3v) is 6.33. The van der Waals surface area contributed by atoms with Gasteiger partial charge in [-0.2, -0.15) is 5.10 Å². The first-order chi connectivity index (χ1) is 17.0. The molecule has 0 aromatic heterocycles. The zero-order valence-corrected chi connectivity index (χ0v) is 20.5. The first kappa shape index (κ1) is 24.5. The number of rotatable bonds is 7. The van der Waals surface area contributed by atoms with Crippen molar-refractivity contribution in [3.05, 3.63) is 59.7 Å². The average molecular weight is 481 g/mol. The summed E-state index contributed by atoms with van der Waals surface area (Å²) in [6.45, 7) is 4.66. The van der Waals surface area contributed by atoms with Crippen LogP contribution in [0.3, 0.4) is 0 Å². The molecule has 0 saturated carbocycles. The van der Waals surface area contributed by atoms with E-state index in [1.54, 1.807) is 31.1 Å². The minimum absolute atomic E-state index is 0.0779. The molecule has 2 heterocycles. The number of carbonyl (C=O) groups is 2. The van der Waals surface area contributed by atoms with Gasteiger partial charge in [0, 0.05) is 44.2 Å². The van der Waals surface area contributed by atoms with Crippen molar-refractivity contribution < 1.29 is 23.8 Å². The molecule has 9 heteroatoms.